The number of rotatable bonds is 4. The highest BCUT2D eigenvalue weighted by molar-refractivity contribution is 5.89. The van der Waals surface area contributed by atoms with Gasteiger partial charge in [-0.3, -0.25) is 0 Å². The summed E-state index contributed by atoms with van der Waals surface area (Å²) in [6.07, 6.45) is 1.82. The van der Waals surface area contributed by atoms with E-state index in [0.29, 0.717) is 5.56 Å². The Morgan fingerprint density at radius 3 is 2.33 bits per heavy atom. The summed E-state index contributed by atoms with van der Waals surface area (Å²) < 4.78 is 5.76. The summed E-state index contributed by atoms with van der Waals surface area (Å²) in [5.41, 5.74) is 2.09. The van der Waals surface area contributed by atoms with Crippen LogP contribution in [0, 0.1) is 0 Å². The van der Waals surface area contributed by atoms with Gasteiger partial charge < -0.3 is 9.64 Å². The van der Waals surface area contributed by atoms with Gasteiger partial charge in [0.05, 0.1) is 17.6 Å². The fourth-order valence-corrected chi connectivity index (χ4v) is 3.55. The lowest BCUT2D eigenvalue weighted by Gasteiger charge is -2.42. The van der Waals surface area contributed by atoms with Crippen LogP contribution in [-0.4, -0.2) is 24.2 Å². The first-order chi connectivity index (χ1) is 11.5. The van der Waals surface area contributed by atoms with E-state index in [-0.39, 0.29) is 17.6 Å². The van der Waals surface area contributed by atoms with Crippen LogP contribution in [0.3, 0.4) is 0 Å². The Balaban J connectivity index is 1.60. The average Bonchev–Trinajstić information content (AvgIpc) is 2.58. The lowest BCUT2D eigenvalue weighted by atomic mass is 9.88. The molecule has 2 atom stereocenters. The topological polar surface area (TPSA) is 30.7 Å². The van der Waals surface area contributed by atoms with Crippen molar-refractivity contribution in [3.8, 4) is 0 Å². The van der Waals surface area contributed by atoms with Crippen molar-refractivity contribution in [3.63, 3.8) is 0 Å². The monoisotopic (exact) mass is 324 g/mol. The second-order valence-electron chi connectivity index (χ2n) is 7.29. The van der Waals surface area contributed by atoms with E-state index in [4.69, 9.17) is 4.74 Å². The first-order valence-corrected chi connectivity index (χ1v) is 8.70. The van der Waals surface area contributed by atoms with Crippen LogP contribution in [0.1, 0.15) is 42.6 Å². The molecule has 2 aromatic carbocycles. The third kappa shape index (κ3) is 4.04. The molecule has 1 fully saturated rings. The Labute approximate surface area is 144 Å². The maximum atomic E-state index is 12.3. The van der Waals surface area contributed by atoms with Crippen molar-refractivity contribution in [2.45, 2.75) is 44.9 Å². The van der Waals surface area contributed by atoms with Crippen molar-refractivity contribution < 1.29 is 14.4 Å². The van der Waals surface area contributed by atoms with Crippen LogP contribution in [0.2, 0.25) is 0 Å². The molecule has 1 unspecified atom stereocenters. The zero-order chi connectivity index (χ0) is 17.0. The number of esters is 1. The van der Waals surface area contributed by atoms with E-state index in [1.165, 1.54) is 5.56 Å². The Morgan fingerprint density at radius 1 is 1.08 bits per heavy atom. The number of piperidine rings is 1. The maximum Gasteiger partial charge on any atom is 0.338 e. The first-order valence-electron chi connectivity index (χ1n) is 8.70. The highest BCUT2D eigenvalue weighted by Crippen LogP contribution is 2.19. The molecule has 0 aliphatic carbocycles. The molecule has 0 saturated carbocycles. The Morgan fingerprint density at radius 2 is 1.71 bits per heavy atom. The molecule has 1 aliphatic rings. The summed E-state index contributed by atoms with van der Waals surface area (Å²) in [5.74, 6) is -0.206. The molecule has 24 heavy (non-hydrogen) atoms. The number of hydrogen-bond donors (Lipinski definition) is 1. The second-order valence-corrected chi connectivity index (χ2v) is 7.29. The van der Waals surface area contributed by atoms with Crippen molar-refractivity contribution in [3.05, 3.63) is 71.8 Å². The van der Waals surface area contributed by atoms with Gasteiger partial charge in [0.2, 0.25) is 0 Å². The van der Waals surface area contributed by atoms with Crippen LogP contribution in [0.15, 0.2) is 60.7 Å². The van der Waals surface area contributed by atoms with E-state index in [1.807, 2.05) is 30.3 Å². The largest absolute Gasteiger partial charge is 0.458 e. The Kier molecular flexibility index (Phi) is 5.00. The zero-order valence-electron chi connectivity index (χ0n) is 14.5. The highest BCUT2D eigenvalue weighted by atomic mass is 16.5. The SMILES string of the molecule is CC1(C)C[C@@H](OC(=O)c2ccccc2)CC[NH+]1Cc1ccccc1. The van der Waals surface area contributed by atoms with E-state index in [2.05, 4.69) is 44.2 Å². The van der Waals surface area contributed by atoms with Crippen molar-refractivity contribution >= 4 is 5.97 Å². The molecule has 3 heteroatoms. The number of quaternary nitrogens is 1. The molecule has 2 aromatic rings. The van der Waals surface area contributed by atoms with Gasteiger partial charge in [-0.1, -0.05) is 48.5 Å². The average molecular weight is 324 g/mol. The van der Waals surface area contributed by atoms with Crippen LogP contribution in [0.5, 0.6) is 0 Å². The van der Waals surface area contributed by atoms with E-state index < -0.39 is 0 Å². The van der Waals surface area contributed by atoms with Crippen LogP contribution in [-0.2, 0) is 11.3 Å². The lowest BCUT2D eigenvalue weighted by Crippen LogP contribution is -3.19. The molecule has 0 spiro atoms. The second kappa shape index (κ2) is 7.18. The van der Waals surface area contributed by atoms with E-state index in [1.54, 1.807) is 4.90 Å². The van der Waals surface area contributed by atoms with Gasteiger partial charge in [-0.25, -0.2) is 4.79 Å². The minimum atomic E-state index is -0.206. The summed E-state index contributed by atoms with van der Waals surface area (Å²) in [7, 11) is 0. The number of carbonyl (C=O) groups is 1. The van der Waals surface area contributed by atoms with Gasteiger partial charge in [-0.2, -0.15) is 0 Å². The number of nitrogens with one attached hydrogen (secondary N) is 1. The van der Waals surface area contributed by atoms with Gasteiger partial charge in [0, 0.05) is 18.4 Å². The molecule has 1 heterocycles. The molecule has 1 N–H and O–H groups in total. The van der Waals surface area contributed by atoms with Crippen molar-refractivity contribution in [2.24, 2.45) is 0 Å². The molecule has 3 nitrogen and oxygen atoms in total. The van der Waals surface area contributed by atoms with Crippen molar-refractivity contribution in [1.29, 1.82) is 0 Å². The predicted molar refractivity (Wildman–Crippen MR) is 94.9 cm³/mol. The third-order valence-corrected chi connectivity index (χ3v) is 5.01. The number of hydrogen-bond acceptors (Lipinski definition) is 2. The predicted octanol–water partition coefficient (Wildman–Crippen LogP) is 2.87. The minimum Gasteiger partial charge on any atom is -0.458 e. The van der Waals surface area contributed by atoms with Gasteiger partial charge in [0.15, 0.2) is 0 Å². The standard InChI is InChI=1S/C21H25NO2/c1-21(2)15-19(24-20(23)18-11-7-4-8-12-18)13-14-22(21)16-17-9-5-3-6-10-17/h3-12,19H,13-16H2,1-2H3/p+1/t19-/m0/s1. The van der Waals surface area contributed by atoms with E-state index in [9.17, 15) is 4.79 Å². The van der Waals surface area contributed by atoms with Gasteiger partial charge >= 0.3 is 5.97 Å². The highest BCUT2D eigenvalue weighted by Gasteiger charge is 2.39. The molecule has 0 radical (unpaired) electrons. The molecular formula is C21H26NO2+. The lowest BCUT2D eigenvalue weighted by molar-refractivity contribution is -0.968. The first kappa shape index (κ1) is 16.7. The van der Waals surface area contributed by atoms with Crippen LogP contribution >= 0.6 is 0 Å². The van der Waals surface area contributed by atoms with Gasteiger partial charge in [-0.15, -0.1) is 0 Å². The number of likely N-dealkylation sites (tertiary alicyclic amines) is 1. The quantitative estimate of drug-likeness (QED) is 0.877. The summed E-state index contributed by atoms with van der Waals surface area (Å²) in [6.45, 7) is 6.59. The molecule has 1 saturated heterocycles. The molecular weight excluding hydrogens is 298 g/mol. The van der Waals surface area contributed by atoms with Crippen LogP contribution in [0.25, 0.3) is 0 Å². The summed E-state index contributed by atoms with van der Waals surface area (Å²) in [5, 5.41) is 0. The van der Waals surface area contributed by atoms with Crippen molar-refractivity contribution in [1.82, 2.24) is 0 Å². The molecule has 0 amide bonds. The molecule has 126 valence electrons. The third-order valence-electron chi connectivity index (χ3n) is 5.01. The summed E-state index contributed by atoms with van der Waals surface area (Å²) in [4.78, 5) is 13.8. The van der Waals surface area contributed by atoms with Gasteiger partial charge in [0.1, 0.15) is 12.6 Å². The van der Waals surface area contributed by atoms with E-state index >= 15 is 0 Å². The molecule has 1 aliphatic heterocycles. The normalized spacial score (nSPS) is 22.8. The fraction of sp³-hybridized carbons (Fsp3) is 0.381. The van der Waals surface area contributed by atoms with Gasteiger partial charge in [0.25, 0.3) is 0 Å². The number of carbonyl (C=O) groups excluding carboxylic acids is 1. The van der Waals surface area contributed by atoms with Crippen LogP contribution < -0.4 is 4.90 Å². The number of ether oxygens (including phenoxy) is 1. The smallest absolute Gasteiger partial charge is 0.338 e. The van der Waals surface area contributed by atoms with Gasteiger partial charge in [-0.05, 0) is 26.0 Å². The van der Waals surface area contributed by atoms with E-state index in [0.717, 1.165) is 25.9 Å². The molecule has 3 rings (SSSR count). The molecule has 0 aromatic heterocycles. The summed E-state index contributed by atoms with van der Waals surface area (Å²) >= 11 is 0. The number of benzene rings is 2. The van der Waals surface area contributed by atoms with Crippen molar-refractivity contribution in [2.75, 3.05) is 6.54 Å². The molecule has 0 bridgehead atoms. The fourth-order valence-electron chi connectivity index (χ4n) is 3.55. The Hall–Kier alpha value is -2.13. The minimum absolute atomic E-state index is 0.00669. The van der Waals surface area contributed by atoms with Crippen LogP contribution in [0.4, 0.5) is 0 Å². The maximum absolute atomic E-state index is 12.3. The zero-order valence-corrected chi connectivity index (χ0v) is 14.5. The summed E-state index contributed by atoms with van der Waals surface area (Å²) in [6, 6.07) is 19.9. The Bertz CT molecular complexity index is 667.